The van der Waals surface area contributed by atoms with Gasteiger partial charge in [0, 0.05) is 4.47 Å². The Balaban J connectivity index is 2.19. The number of hydrogen-bond acceptors (Lipinski definition) is 3. The molecule has 7 heteroatoms. The maximum Gasteiger partial charge on any atom is 0.241 e. The van der Waals surface area contributed by atoms with E-state index in [0.717, 1.165) is 16.1 Å². The van der Waals surface area contributed by atoms with E-state index in [1.54, 1.807) is 24.3 Å². The van der Waals surface area contributed by atoms with Crippen molar-refractivity contribution >= 4 is 37.5 Å². The van der Waals surface area contributed by atoms with Gasteiger partial charge in [-0.1, -0.05) is 49.4 Å². The van der Waals surface area contributed by atoms with Crippen LogP contribution in [0.3, 0.4) is 0 Å². The number of para-hydroxylation sites is 1. The number of anilines is 1. The van der Waals surface area contributed by atoms with Gasteiger partial charge in [-0.15, -0.1) is 0 Å². The Morgan fingerprint density at radius 2 is 1.72 bits per heavy atom. The molecular formula is C18H21BrN2O3S. The van der Waals surface area contributed by atoms with Crippen LogP contribution in [0.1, 0.15) is 24.9 Å². The minimum Gasteiger partial charge on any atom is -0.348 e. The number of nitrogens with one attached hydrogen (secondary N) is 1. The molecule has 0 fully saturated rings. The normalized spacial score (nSPS) is 12.4. The monoisotopic (exact) mass is 424 g/mol. The maximum absolute atomic E-state index is 12.5. The number of rotatable bonds is 7. The van der Waals surface area contributed by atoms with E-state index in [1.807, 2.05) is 37.3 Å². The van der Waals surface area contributed by atoms with Crippen LogP contribution in [0.5, 0.6) is 0 Å². The van der Waals surface area contributed by atoms with Crippen LogP contribution in [0.25, 0.3) is 0 Å². The molecule has 1 atom stereocenters. The third-order valence-electron chi connectivity index (χ3n) is 3.75. The number of carbonyl (C=O) groups excluding carboxylic acids is 1. The summed E-state index contributed by atoms with van der Waals surface area (Å²) < 4.78 is 26.1. The summed E-state index contributed by atoms with van der Waals surface area (Å²) in [5, 5.41) is 2.91. The van der Waals surface area contributed by atoms with Gasteiger partial charge in [0.05, 0.1) is 18.0 Å². The van der Waals surface area contributed by atoms with Gasteiger partial charge in [0.2, 0.25) is 15.9 Å². The van der Waals surface area contributed by atoms with Crippen molar-refractivity contribution in [1.29, 1.82) is 0 Å². The average molecular weight is 425 g/mol. The summed E-state index contributed by atoms with van der Waals surface area (Å²) in [5.41, 5.74) is 1.43. The van der Waals surface area contributed by atoms with Gasteiger partial charge in [-0.25, -0.2) is 8.42 Å². The molecule has 134 valence electrons. The molecule has 0 saturated heterocycles. The molecule has 2 aromatic rings. The summed E-state index contributed by atoms with van der Waals surface area (Å²) in [5.74, 6) is -0.350. The van der Waals surface area contributed by atoms with Gasteiger partial charge in [0.1, 0.15) is 6.54 Å². The topological polar surface area (TPSA) is 66.5 Å². The average Bonchev–Trinajstić information content (AvgIpc) is 2.58. The lowest BCUT2D eigenvalue weighted by molar-refractivity contribution is -0.120. The molecule has 1 unspecified atom stereocenters. The number of halogens is 1. The fourth-order valence-corrected chi connectivity index (χ4v) is 4.00. The zero-order chi connectivity index (χ0) is 18.4. The fourth-order valence-electron chi connectivity index (χ4n) is 2.51. The minimum atomic E-state index is -3.60. The lowest BCUT2D eigenvalue weighted by Gasteiger charge is -2.25. The van der Waals surface area contributed by atoms with Crippen LogP contribution in [-0.2, 0) is 14.8 Å². The summed E-state index contributed by atoms with van der Waals surface area (Å²) >= 11 is 3.34. The van der Waals surface area contributed by atoms with Crippen molar-refractivity contribution in [3.63, 3.8) is 0 Å². The van der Waals surface area contributed by atoms with Gasteiger partial charge in [0.25, 0.3) is 0 Å². The lowest BCUT2D eigenvalue weighted by atomic mass is 10.0. The molecule has 0 aliphatic heterocycles. The molecule has 25 heavy (non-hydrogen) atoms. The van der Waals surface area contributed by atoms with Crippen molar-refractivity contribution in [1.82, 2.24) is 5.32 Å². The van der Waals surface area contributed by atoms with Crippen LogP contribution in [0.15, 0.2) is 59.1 Å². The Bertz CT molecular complexity index is 825. The van der Waals surface area contributed by atoms with Crippen molar-refractivity contribution < 1.29 is 13.2 Å². The number of carbonyl (C=O) groups is 1. The van der Waals surface area contributed by atoms with Crippen molar-refractivity contribution in [2.75, 3.05) is 17.1 Å². The lowest BCUT2D eigenvalue weighted by Crippen LogP contribution is -2.41. The van der Waals surface area contributed by atoms with Gasteiger partial charge in [-0.2, -0.15) is 0 Å². The van der Waals surface area contributed by atoms with Gasteiger partial charge in [-0.05, 0) is 40.0 Å². The Morgan fingerprint density at radius 3 is 2.28 bits per heavy atom. The molecule has 0 aliphatic carbocycles. The fraction of sp³-hybridized carbons (Fsp3) is 0.278. The predicted octanol–water partition coefficient (Wildman–Crippen LogP) is 3.48. The summed E-state index contributed by atoms with van der Waals surface area (Å²) in [4.78, 5) is 12.5. The first-order valence-electron chi connectivity index (χ1n) is 7.89. The van der Waals surface area contributed by atoms with Crippen LogP contribution >= 0.6 is 15.9 Å². The standard InChI is InChI=1S/C18H21BrN2O3S/c1-3-16(14-9-5-4-6-10-14)20-18(22)13-21(25(2,23)24)17-12-8-7-11-15(17)19/h4-12,16H,3,13H2,1-2H3,(H,20,22). The molecule has 0 saturated carbocycles. The first kappa shape index (κ1) is 19.5. The molecule has 0 heterocycles. The molecule has 0 spiro atoms. The first-order valence-corrected chi connectivity index (χ1v) is 10.5. The smallest absolute Gasteiger partial charge is 0.241 e. The van der Waals surface area contributed by atoms with E-state index in [9.17, 15) is 13.2 Å². The summed E-state index contributed by atoms with van der Waals surface area (Å²) in [6.07, 6.45) is 1.80. The van der Waals surface area contributed by atoms with Crippen molar-refractivity contribution in [3.8, 4) is 0 Å². The van der Waals surface area contributed by atoms with Crippen LogP contribution < -0.4 is 9.62 Å². The zero-order valence-corrected chi connectivity index (χ0v) is 16.5. The van der Waals surface area contributed by atoms with Crippen LogP contribution in [-0.4, -0.2) is 27.1 Å². The van der Waals surface area contributed by atoms with E-state index in [0.29, 0.717) is 16.6 Å². The second-order valence-electron chi connectivity index (χ2n) is 5.66. The van der Waals surface area contributed by atoms with E-state index in [1.165, 1.54) is 0 Å². The van der Waals surface area contributed by atoms with Crippen molar-refractivity contribution in [3.05, 3.63) is 64.6 Å². The minimum absolute atomic E-state index is 0.158. The Kier molecular flexibility index (Phi) is 6.61. The molecule has 2 aromatic carbocycles. The van der Waals surface area contributed by atoms with Crippen molar-refractivity contribution in [2.24, 2.45) is 0 Å². The Labute approximate surface area is 157 Å². The second kappa shape index (κ2) is 8.49. The Morgan fingerprint density at radius 1 is 1.12 bits per heavy atom. The number of sulfonamides is 1. The molecule has 2 rings (SSSR count). The Hall–Kier alpha value is -1.86. The molecule has 0 bridgehead atoms. The van der Waals surface area contributed by atoms with E-state index >= 15 is 0 Å². The third-order valence-corrected chi connectivity index (χ3v) is 5.55. The van der Waals surface area contributed by atoms with Gasteiger partial charge in [-0.3, -0.25) is 9.10 Å². The molecule has 0 aromatic heterocycles. The zero-order valence-electron chi connectivity index (χ0n) is 14.1. The summed E-state index contributed by atoms with van der Waals surface area (Å²) in [6.45, 7) is 1.70. The van der Waals surface area contributed by atoms with E-state index in [-0.39, 0.29) is 18.5 Å². The number of hydrogen-bond donors (Lipinski definition) is 1. The number of amides is 1. The van der Waals surface area contributed by atoms with E-state index in [2.05, 4.69) is 21.2 Å². The van der Waals surface area contributed by atoms with Crippen LogP contribution in [0, 0.1) is 0 Å². The second-order valence-corrected chi connectivity index (χ2v) is 8.42. The molecular weight excluding hydrogens is 404 g/mol. The van der Waals surface area contributed by atoms with E-state index in [4.69, 9.17) is 0 Å². The summed E-state index contributed by atoms with van der Waals surface area (Å²) in [7, 11) is -3.60. The SMILES string of the molecule is CCC(NC(=O)CN(c1ccccc1Br)S(C)(=O)=O)c1ccccc1. The molecule has 0 aliphatic rings. The van der Waals surface area contributed by atoms with Gasteiger partial charge in [0.15, 0.2) is 0 Å². The van der Waals surface area contributed by atoms with E-state index < -0.39 is 10.0 Å². The molecule has 0 radical (unpaired) electrons. The quantitative estimate of drug-likeness (QED) is 0.739. The highest BCUT2D eigenvalue weighted by molar-refractivity contribution is 9.10. The first-order chi connectivity index (χ1) is 11.8. The van der Waals surface area contributed by atoms with Crippen molar-refractivity contribution in [2.45, 2.75) is 19.4 Å². The van der Waals surface area contributed by atoms with Crippen LogP contribution in [0.2, 0.25) is 0 Å². The molecule has 1 amide bonds. The third kappa shape index (κ3) is 5.31. The predicted molar refractivity (Wildman–Crippen MR) is 104 cm³/mol. The highest BCUT2D eigenvalue weighted by Gasteiger charge is 2.23. The van der Waals surface area contributed by atoms with Gasteiger partial charge >= 0.3 is 0 Å². The highest BCUT2D eigenvalue weighted by atomic mass is 79.9. The summed E-state index contributed by atoms with van der Waals surface area (Å²) in [6, 6.07) is 16.4. The maximum atomic E-state index is 12.5. The number of benzene rings is 2. The number of nitrogens with zero attached hydrogens (tertiary/aromatic N) is 1. The molecule has 5 nitrogen and oxygen atoms in total. The largest absolute Gasteiger partial charge is 0.348 e. The van der Waals surface area contributed by atoms with Gasteiger partial charge < -0.3 is 5.32 Å². The van der Waals surface area contributed by atoms with Crippen LogP contribution in [0.4, 0.5) is 5.69 Å². The highest BCUT2D eigenvalue weighted by Crippen LogP contribution is 2.27. The molecule has 1 N–H and O–H groups in total.